The summed E-state index contributed by atoms with van der Waals surface area (Å²) in [5.41, 5.74) is 2.91. The molecule has 39 heavy (non-hydrogen) atoms. The molecule has 1 aliphatic rings. The number of rotatable bonds is 10. The van der Waals surface area contributed by atoms with Gasteiger partial charge in [-0.3, -0.25) is 4.98 Å². The Kier molecular flexibility index (Phi) is 8.73. The summed E-state index contributed by atoms with van der Waals surface area (Å²) in [6, 6.07) is 19.8. The average Bonchev–Trinajstić information content (AvgIpc) is 3.65. The van der Waals surface area contributed by atoms with Crippen molar-refractivity contribution in [2.24, 2.45) is 0 Å². The van der Waals surface area contributed by atoms with Crippen molar-refractivity contribution in [2.75, 3.05) is 20.2 Å². The lowest BCUT2D eigenvalue weighted by atomic mass is 10.1. The minimum atomic E-state index is -0.0265. The van der Waals surface area contributed by atoms with Crippen LogP contribution >= 0.6 is 11.6 Å². The number of urea groups is 1. The molecule has 0 spiro atoms. The Labute approximate surface area is 234 Å². The van der Waals surface area contributed by atoms with E-state index in [0.29, 0.717) is 42.1 Å². The molecule has 2 heterocycles. The Balaban J connectivity index is 1.36. The highest BCUT2D eigenvalue weighted by Crippen LogP contribution is 2.31. The molecule has 202 valence electrons. The highest BCUT2D eigenvalue weighted by Gasteiger charge is 2.27. The third-order valence-corrected chi connectivity index (χ3v) is 7.43. The molecular formula is C30H33ClN6O2. The van der Waals surface area contributed by atoms with E-state index in [1.165, 1.54) is 5.56 Å². The van der Waals surface area contributed by atoms with E-state index in [9.17, 15) is 4.79 Å². The lowest BCUT2D eigenvalue weighted by molar-refractivity contribution is 0.171. The summed E-state index contributed by atoms with van der Waals surface area (Å²) in [5, 5.41) is 8.48. The van der Waals surface area contributed by atoms with Gasteiger partial charge in [-0.15, -0.1) is 0 Å². The molecule has 2 aromatic heterocycles. The molecule has 0 atom stereocenters. The largest absolute Gasteiger partial charge is 0.495 e. The van der Waals surface area contributed by atoms with Crippen LogP contribution in [0.3, 0.4) is 0 Å². The molecule has 4 aromatic rings. The second kappa shape index (κ2) is 12.8. The van der Waals surface area contributed by atoms with Crippen molar-refractivity contribution < 1.29 is 9.53 Å². The summed E-state index contributed by atoms with van der Waals surface area (Å²) in [7, 11) is 1.59. The van der Waals surface area contributed by atoms with Crippen LogP contribution in [0.4, 0.5) is 4.79 Å². The summed E-state index contributed by atoms with van der Waals surface area (Å²) < 4.78 is 7.20. The second-order valence-corrected chi connectivity index (χ2v) is 10.1. The lowest BCUT2D eigenvalue weighted by Gasteiger charge is -2.29. The molecular weight excluding hydrogens is 512 g/mol. The molecule has 8 nitrogen and oxygen atoms in total. The van der Waals surface area contributed by atoms with Crippen molar-refractivity contribution in [2.45, 2.75) is 44.7 Å². The minimum Gasteiger partial charge on any atom is -0.495 e. The molecule has 1 fully saturated rings. The fraction of sp³-hybridized carbons (Fsp3) is 0.333. The highest BCUT2D eigenvalue weighted by atomic mass is 35.5. The Morgan fingerprint density at radius 2 is 1.85 bits per heavy atom. The van der Waals surface area contributed by atoms with Crippen molar-refractivity contribution in [3.8, 4) is 28.5 Å². The van der Waals surface area contributed by atoms with Gasteiger partial charge in [0.2, 0.25) is 0 Å². The van der Waals surface area contributed by atoms with Gasteiger partial charge in [-0.1, -0.05) is 54.8 Å². The molecule has 5 rings (SSSR count). The molecule has 0 radical (unpaired) electrons. The zero-order chi connectivity index (χ0) is 27.0. The van der Waals surface area contributed by atoms with Gasteiger partial charge in [-0.25, -0.2) is 14.5 Å². The van der Waals surface area contributed by atoms with Crippen LogP contribution in [0.25, 0.3) is 22.8 Å². The van der Waals surface area contributed by atoms with E-state index in [1.807, 2.05) is 58.1 Å². The summed E-state index contributed by atoms with van der Waals surface area (Å²) >= 11 is 6.45. The van der Waals surface area contributed by atoms with Crippen molar-refractivity contribution in [3.63, 3.8) is 0 Å². The maximum absolute atomic E-state index is 13.4. The number of nitrogens with one attached hydrogen (secondary N) is 1. The first kappa shape index (κ1) is 26.7. The van der Waals surface area contributed by atoms with Crippen molar-refractivity contribution >= 4 is 17.6 Å². The molecule has 1 aliphatic carbocycles. The van der Waals surface area contributed by atoms with Gasteiger partial charge in [-0.2, -0.15) is 5.10 Å². The zero-order valence-electron chi connectivity index (χ0n) is 22.1. The number of carbonyl (C=O) groups is 1. The van der Waals surface area contributed by atoms with E-state index < -0.39 is 0 Å². The van der Waals surface area contributed by atoms with Gasteiger partial charge >= 0.3 is 6.03 Å². The predicted octanol–water partition coefficient (Wildman–Crippen LogP) is 5.87. The summed E-state index contributed by atoms with van der Waals surface area (Å²) in [5.74, 6) is 1.88. The van der Waals surface area contributed by atoms with Crippen molar-refractivity contribution in [1.82, 2.24) is 30.0 Å². The maximum atomic E-state index is 13.4. The third kappa shape index (κ3) is 6.57. The van der Waals surface area contributed by atoms with Gasteiger partial charge in [0.25, 0.3) is 0 Å². The Bertz CT molecular complexity index is 1370. The predicted molar refractivity (Wildman–Crippen MR) is 153 cm³/mol. The standard InChI is InChI=1S/C30H33ClN6O2/c1-39-27-12-11-24(21-26(27)31)29-34-28(23-14-16-32-17-15-23)35-37(29)20-19-36(25-9-5-6-10-25)30(38)33-18-13-22-7-3-2-4-8-22/h2-4,7-8,11-12,14-17,21,25H,5-6,9-10,13,18-20H2,1H3,(H,33,38). The fourth-order valence-electron chi connectivity index (χ4n) is 5.07. The van der Waals surface area contributed by atoms with Crippen molar-refractivity contribution in [1.29, 1.82) is 0 Å². The molecule has 2 amide bonds. The van der Waals surface area contributed by atoms with Crippen LogP contribution in [0.2, 0.25) is 5.02 Å². The maximum Gasteiger partial charge on any atom is 0.317 e. The third-order valence-electron chi connectivity index (χ3n) is 7.13. The minimum absolute atomic E-state index is 0.0265. The van der Waals surface area contributed by atoms with E-state index in [1.54, 1.807) is 19.5 Å². The quantitative estimate of drug-likeness (QED) is 0.270. The number of hydrogen-bond acceptors (Lipinski definition) is 5. The lowest BCUT2D eigenvalue weighted by Crippen LogP contribution is -2.47. The van der Waals surface area contributed by atoms with Crippen LogP contribution in [-0.2, 0) is 13.0 Å². The molecule has 9 heteroatoms. The molecule has 1 N–H and O–H groups in total. The van der Waals surface area contributed by atoms with E-state index in [-0.39, 0.29) is 12.1 Å². The number of nitrogens with zero attached hydrogens (tertiary/aromatic N) is 5. The molecule has 0 aliphatic heterocycles. The van der Waals surface area contributed by atoms with Crippen LogP contribution in [0, 0.1) is 0 Å². The molecule has 0 unspecified atom stereocenters. The normalized spacial score (nSPS) is 13.4. The van der Waals surface area contributed by atoms with Crippen LogP contribution in [0.15, 0.2) is 73.1 Å². The number of ether oxygens (including phenoxy) is 1. The number of pyridine rings is 1. The number of carbonyl (C=O) groups excluding carboxylic acids is 1. The first-order valence-corrected chi connectivity index (χ1v) is 13.8. The van der Waals surface area contributed by atoms with Crippen LogP contribution in [0.1, 0.15) is 31.2 Å². The summed E-state index contributed by atoms with van der Waals surface area (Å²) in [6.07, 6.45) is 8.57. The number of halogens is 1. The Hall–Kier alpha value is -3.91. The van der Waals surface area contributed by atoms with E-state index in [2.05, 4.69) is 22.4 Å². The molecule has 0 bridgehead atoms. The van der Waals surface area contributed by atoms with Crippen LogP contribution in [0.5, 0.6) is 5.75 Å². The van der Waals surface area contributed by atoms with Crippen LogP contribution < -0.4 is 10.1 Å². The zero-order valence-corrected chi connectivity index (χ0v) is 22.8. The Morgan fingerprint density at radius 1 is 1.08 bits per heavy atom. The summed E-state index contributed by atoms with van der Waals surface area (Å²) in [6.45, 7) is 1.62. The van der Waals surface area contributed by atoms with Gasteiger partial charge in [0.15, 0.2) is 11.6 Å². The van der Waals surface area contributed by atoms with Gasteiger partial charge in [0, 0.05) is 42.7 Å². The SMILES string of the molecule is COc1ccc(-c2nc(-c3ccncc3)nn2CCN(C(=O)NCCc2ccccc2)C2CCCC2)cc1Cl. The monoisotopic (exact) mass is 544 g/mol. The van der Waals surface area contributed by atoms with E-state index >= 15 is 0 Å². The van der Waals surface area contributed by atoms with Gasteiger partial charge in [0.1, 0.15) is 5.75 Å². The van der Waals surface area contributed by atoms with E-state index in [0.717, 1.165) is 43.2 Å². The molecule has 0 saturated heterocycles. The van der Waals surface area contributed by atoms with Gasteiger partial charge < -0.3 is 15.0 Å². The Morgan fingerprint density at radius 3 is 2.56 bits per heavy atom. The van der Waals surface area contributed by atoms with Crippen molar-refractivity contribution in [3.05, 3.63) is 83.6 Å². The number of aromatic nitrogens is 4. The average molecular weight is 545 g/mol. The number of hydrogen-bond donors (Lipinski definition) is 1. The number of methoxy groups -OCH3 is 1. The first-order chi connectivity index (χ1) is 19.1. The van der Waals surface area contributed by atoms with Gasteiger partial charge in [-0.05, 0) is 55.2 Å². The molecule has 2 aromatic carbocycles. The number of benzene rings is 2. The fourth-order valence-corrected chi connectivity index (χ4v) is 5.33. The van der Waals surface area contributed by atoms with Gasteiger partial charge in [0.05, 0.1) is 18.7 Å². The first-order valence-electron chi connectivity index (χ1n) is 13.4. The molecule has 1 saturated carbocycles. The topological polar surface area (TPSA) is 85.2 Å². The number of amides is 2. The van der Waals surface area contributed by atoms with Crippen LogP contribution in [-0.4, -0.2) is 56.9 Å². The summed E-state index contributed by atoms with van der Waals surface area (Å²) in [4.78, 5) is 24.3. The smallest absolute Gasteiger partial charge is 0.317 e. The highest BCUT2D eigenvalue weighted by molar-refractivity contribution is 6.32. The second-order valence-electron chi connectivity index (χ2n) is 9.67. The van der Waals surface area contributed by atoms with E-state index in [4.69, 9.17) is 26.4 Å².